The van der Waals surface area contributed by atoms with Gasteiger partial charge in [-0.15, -0.1) is 0 Å². The molecule has 0 amide bonds. The molecule has 1 aromatic rings. The van der Waals surface area contributed by atoms with E-state index in [2.05, 4.69) is 63.2 Å². The Morgan fingerprint density at radius 2 is 1.83 bits per heavy atom. The summed E-state index contributed by atoms with van der Waals surface area (Å²) >= 11 is 0. The van der Waals surface area contributed by atoms with E-state index in [0.717, 1.165) is 13.1 Å². The first kappa shape index (κ1) is 15.0. The first-order valence-electron chi connectivity index (χ1n) is 7.10. The third-order valence-electron chi connectivity index (χ3n) is 3.63. The Morgan fingerprint density at radius 1 is 1.17 bits per heavy atom. The standard InChI is InChI=1S/C16H28N2/c1-6-15(7-2)17-10-11-18(5)16-9-8-13(3)12-14(16)4/h8-9,12,15,17H,6-7,10-11H2,1-5H3. The van der Waals surface area contributed by atoms with Crippen molar-refractivity contribution in [3.63, 3.8) is 0 Å². The minimum Gasteiger partial charge on any atom is -0.373 e. The number of anilines is 1. The van der Waals surface area contributed by atoms with Crippen LogP contribution in [-0.2, 0) is 0 Å². The first-order valence-corrected chi connectivity index (χ1v) is 7.10. The topological polar surface area (TPSA) is 15.3 Å². The summed E-state index contributed by atoms with van der Waals surface area (Å²) in [6.07, 6.45) is 2.42. The van der Waals surface area contributed by atoms with Gasteiger partial charge in [-0.3, -0.25) is 0 Å². The molecule has 0 aliphatic rings. The molecule has 0 unspecified atom stereocenters. The lowest BCUT2D eigenvalue weighted by atomic mass is 10.1. The van der Waals surface area contributed by atoms with Gasteiger partial charge in [-0.25, -0.2) is 0 Å². The van der Waals surface area contributed by atoms with Crippen molar-refractivity contribution in [2.75, 3.05) is 25.0 Å². The summed E-state index contributed by atoms with van der Waals surface area (Å²) < 4.78 is 0. The van der Waals surface area contributed by atoms with Gasteiger partial charge in [-0.1, -0.05) is 31.5 Å². The Balaban J connectivity index is 2.47. The normalized spacial score (nSPS) is 11.0. The maximum absolute atomic E-state index is 3.61. The Bertz CT molecular complexity index is 356. The number of hydrogen-bond donors (Lipinski definition) is 1. The van der Waals surface area contributed by atoms with Crippen molar-refractivity contribution in [2.45, 2.75) is 46.6 Å². The fraction of sp³-hybridized carbons (Fsp3) is 0.625. The Morgan fingerprint density at radius 3 is 2.39 bits per heavy atom. The smallest absolute Gasteiger partial charge is 0.0393 e. The van der Waals surface area contributed by atoms with E-state index in [9.17, 15) is 0 Å². The number of likely N-dealkylation sites (N-methyl/N-ethyl adjacent to an activating group) is 1. The zero-order valence-electron chi connectivity index (χ0n) is 12.6. The molecule has 0 radical (unpaired) electrons. The molecule has 0 fully saturated rings. The Hall–Kier alpha value is -1.02. The monoisotopic (exact) mass is 248 g/mol. The van der Waals surface area contributed by atoms with Crippen molar-refractivity contribution < 1.29 is 0 Å². The second-order valence-electron chi connectivity index (χ2n) is 5.18. The Kier molecular flexibility index (Phi) is 6.20. The highest BCUT2D eigenvalue weighted by molar-refractivity contribution is 5.53. The summed E-state index contributed by atoms with van der Waals surface area (Å²) in [6.45, 7) is 10.9. The van der Waals surface area contributed by atoms with Crippen molar-refractivity contribution in [1.29, 1.82) is 0 Å². The third kappa shape index (κ3) is 4.34. The van der Waals surface area contributed by atoms with Crippen LogP contribution in [-0.4, -0.2) is 26.2 Å². The fourth-order valence-corrected chi connectivity index (χ4v) is 2.37. The predicted molar refractivity (Wildman–Crippen MR) is 81.6 cm³/mol. The third-order valence-corrected chi connectivity index (χ3v) is 3.63. The van der Waals surface area contributed by atoms with E-state index in [4.69, 9.17) is 0 Å². The summed E-state index contributed by atoms with van der Waals surface area (Å²) in [5, 5.41) is 3.61. The second-order valence-corrected chi connectivity index (χ2v) is 5.18. The highest BCUT2D eigenvalue weighted by atomic mass is 15.1. The molecule has 0 spiro atoms. The van der Waals surface area contributed by atoms with Gasteiger partial charge in [0.05, 0.1) is 0 Å². The molecule has 1 aromatic carbocycles. The van der Waals surface area contributed by atoms with Crippen LogP contribution in [0.15, 0.2) is 18.2 Å². The van der Waals surface area contributed by atoms with Crippen LogP contribution in [0.25, 0.3) is 0 Å². The lowest BCUT2D eigenvalue weighted by Crippen LogP contribution is -2.35. The van der Waals surface area contributed by atoms with Gasteiger partial charge in [-0.2, -0.15) is 0 Å². The second kappa shape index (κ2) is 7.42. The molecule has 18 heavy (non-hydrogen) atoms. The maximum atomic E-state index is 3.61. The van der Waals surface area contributed by atoms with Gasteiger partial charge in [0.1, 0.15) is 0 Å². The predicted octanol–water partition coefficient (Wildman–Crippen LogP) is 3.52. The quantitative estimate of drug-likeness (QED) is 0.794. The molecule has 0 saturated heterocycles. The molecule has 1 N–H and O–H groups in total. The van der Waals surface area contributed by atoms with Crippen molar-refractivity contribution in [3.05, 3.63) is 29.3 Å². The van der Waals surface area contributed by atoms with E-state index < -0.39 is 0 Å². The van der Waals surface area contributed by atoms with Gasteiger partial charge in [0.25, 0.3) is 0 Å². The van der Waals surface area contributed by atoms with Crippen LogP contribution >= 0.6 is 0 Å². The summed E-state index contributed by atoms with van der Waals surface area (Å²) in [5.41, 5.74) is 4.03. The number of rotatable bonds is 7. The molecule has 0 aromatic heterocycles. The molecule has 0 saturated carbocycles. The van der Waals surface area contributed by atoms with Crippen molar-refractivity contribution in [3.8, 4) is 0 Å². The average molecular weight is 248 g/mol. The fourth-order valence-electron chi connectivity index (χ4n) is 2.37. The van der Waals surface area contributed by atoms with Crippen LogP contribution in [0.3, 0.4) is 0 Å². The number of nitrogens with one attached hydrogen (secondary N) is 1. The highest BCUT2D eigenvalue weighted by Gasteiger charge is 2.06. The van der Waals surface area contributed by atoms with E-state index in [0.29, 0.717) is 6.04 Å². The van der Waals surface area contributed by atoms with E-state index in [1.54, 1.807) is 0 Å². The van der Waals surface area contributed by atoms with Crippen LogP contribution in [0.5, 0.6) is 0 Å². The average Bonchev–Trinajstić information content (AvgIpc) is 2.34. The number of nitrogens with zero attached hydrogens (tertiary/aromatic N) is 1. The number of aryl methyl sites for hydroxylation is 2. The molecule has 0 atom stereocenters. The first-order chi connectivity index (χ1) is 8.58. The highest BCUT2D eigenvalue weighted by Crippen LogP contribution is 2.19. The minimum atomic E-state index is 0.664. The van der Waals surface area contributed by atoms with Crippen LogP contribution in [0.4, 0.5) is 5.69 Å². The summed E-state index contributed by atoms with van der Waals surface area (Å²) in [6, 6.07) is 7.33. The maximum Gasteiger partial charge on any atom is 0.0393 e. The largest absolute Gasteiger partial charge is 0.373 e. The number of benzene rings is 1. The molecule has 2 heteroatoms. The van der Waals surface area contributed by atoms with Crippen molar-refractivity contribution in [1.82, 2.24) is 5.32 Å². The van der Waals surface area contributed by atoms with Gasteiger partial charge in [0, 0.05) is 31.9 Å². The summed E-state index contributed by atoms with van der Waals surface area (Å²) in [7, 11) is 2.17. The molecule has 2 nitrogen and oxygen atoms in total. The zero-order valence-corrected chi connectivity index (χ0v) is 12.6. The van der Waals surface area contributed by atoms with Crippen molar-refractivity contribution in [2.24, 2.45) is 0 Å². The SMILES string of the molecule is CCC(CC)NCCN(C)c1ccc(C)cc1C. The molecule has 0 aliphatic heterocycles. The molecular weight excluding hydrogens is 220 g/mol. The van der Waals surface area contributed by atoms with Crippen LogP contribution in [0.2, 0.25) is 0 Å². The van der Waals surface area contributed by atoms with Crippen molar-refractivity contribution >= 4 is 5.69 Å². The number of hydrogen-bond acceptors (Lipinski definition) is 2. The van der Waals surface area contributed by atoms with Gasteiger partial charge in [-0.05, 0) is 38.3 Å². The molecular formula is C16H28N2. The van der Waals surface area contributed by atoms with Crippen LogP contribution in [0.1, 0.15) is 37.8 Å². The van der Waals surface area contributed by atoms with Gasteiger partial charge in [0.15, 0.2) is 0 Å². The molecule has 0 aliphatic carbocycles. The lowest BCUT2D eigenvalue weighted by Gasteiger charge is -2.23. The van der Waals surface area contributed by atoms with Crippen LogP contribution < -0.4 is 10.2 Å². The molecule has 102 valence electrons. The molecule has 0 heterocycles. The Labute approximate surface area is 112 Å². The summed E-state index contributed by atoms with van der Waals surface area (Å²) in [4.78, 5) is 2.34. The van der Waals surface area contributed by atoms with E-state index in [1.807, 2.05) is 0 Å². The lowest BCUT2D eigenvalue weighted by molar-refractivity contribution is 0.489. The summed E-state index contributed by atoms with van der Waals surface area (Å²) in [5.74, 6) is 0. The van der Waals surface area contributed by atoms with Crippen LogP contribution in [0, 0.1) is 13.8 Å². The molecule has 1 rings (SSSR count). The van der Waals surface area contributed by atoms with E-state index in [1.165, 1.54) is 29.7 Å². The van der Waals surface area contributed by atoms with Gasteiger partial charge >= 0.3 is 0 Å². The van der Waals surface area contributed by atoms with E-state index >= 15 is 0 Å². The molecule has 0 bridgehead atoms. The van der Waals surface area contributed by atoms with Gasteiger partial charge < -0.3 is 10.2 Å². The van der Waals surface area contributed by atoms with Gasteiger partial charge in [0.2, 0.25) is 0 Å². The minimum absolute atomic E-state index is 0.664. The zero-order chi connectivity index (χ0) is 13.5. The van der Waals surface area contributed by atoms with E-state index in [-0.39, 0.29) is 0 Å².